The van der Waals surface area contributed by atoms with Crippen LogP contribution >= 0.6 is 0 Å². The van der Waals surface area contributed by atoms with Crippen molar-refractivity contribution < 1.29 is 23.9 Å². The van der Waals surface area contributed by atoms with E-state index >= 15 is 0 Å². The second kappa shape index (κ2) is 8.75. The Bertz CT molecular complexity index is 472. The number of aliphatic carboxylic acids is 1. The number of nitrogens with one attached hydrogen (secondary N) is 3. The number of carbonyl (C=O) groups excluding carboxylic acids is 2. The molecular weight excluding hydrogens is 278 g/mol. The molecule has 1 atom stereocenters. The molecular formula is C13H19N3O5. The summed E-state index contributed by atoms with van der Waals surface area (Å²) in [5.41, 5.74) is 0. The molecule has 3 amide bonds. The average Bonchev–Trinajstić information content (AvgIpc) is 2.94. The Morgan fingerprint density at radius 3 is 2.71 bits per heavy atom. The number of furan rings is 1. The molecule has 0 spiro atoms. The molecule has 0 saturated heterocycles. The maximum Gasteiger partial charge on any atom is 0.321 e. The third kappa shape index (κ3) is 6.57. The predicted octanol–water partition coefficient (Wildman–Crippen LogP) is 0.448. The molecule has 1 unspecified atom stereocenters. The standard InChI is InChI=1S/C13H19N3O5/c1-2-4-10(12(18)19)14-8-11(17)16-13(20)15-7-9-5-3-6-21-9/h3,5-6,10,14H,2,4,7-8H2,1H3,(H,18,19)(H2,15,16,17,20). The van der Waals surface area contributed by atoms with Crippen LogP contribution in [-0.2, 0) is 16.1 Å². The number of rotatable bonds is 8. The molecule has 1 aromatic rings. The Balaban J connectivity index is 2.25. The van der Waals surface area contributed by atoms with Crippen molar-refractivity contribution in [2.45, 2.75) is 32.4 Å². The van der Waals surface area contributed by atoms with E-state index < -0.39 is 23.9 Å². The summed E-state index contributed by atoms with van der Waals surface area (Å²) in [5.74, 6) is -1.06. The zero-order valence-electron chi connectivity index (χ0n) is 11.7. The Hall–Kier alpha value is -2.35. The molecule has 4 N–H and O–H groups in total. The van der Waals surface area contributed by atoms with E-state index in [-0.39, 0.29) is 13.1 Å². The van der Waals surface area contributed by atoms with Gasteiger partial charge in [-0.25, -0.2) is 4.79 Å². The Labute approximate surface area is 121 Å². The van der Waals surface area contributed by atoms with Crippen molar-refractivity contribution in [2.75, 3.05) is 6.54 Å². The Morgan fingerprint density at radius 1 is 1.38 bits per heavy atom. The zero-order chi connectivity index (χ0) is 15.7. The molecule has 1 heterocycles. The second-order valence-corrected chi connectivity index (χ2v) is 4.37. The van der Waals surface area contributed by atoms with E-state index in [1.807, 2.05) is 6.92 Å². The first kappa shape index (κ1) is 16.7. The number of hydrogen-bond acceptors (Lipinski definition) is 5. The summed E-state index contributed by atoms with van der Waals surface area (Å²) in [7, 11) is 0. The molecule has 0 aliphatic rings. The predicted molar refractivity (Wildman–Crippen MR) is 73.4 cm³/mol. The van der Waals surface area contributed by atoms with Crippen molar-refractivity contribution >= 4 is 17.9 Å². The summed E-state index contributed by atoms with van der Waals surface area (Å²) in [6.45, 7) is 1.76. The summed E-state index contributed by atoms with van der Waals surface area (Å²) in [5, 5.41) is 16.0. The van der Waals surface area contributed by atoms with Crippen LogP contribution in [0, 0.1) is 0 Å². The first-order valence-electron chi connectivity index (χ1n) is 6.59. The fourth-order valence-corrected chi connectivity index (χ4v) is 1.61. The van der Waals surface area contributed by atoms with Crippen LogP contribution in [0.5, 0.6) is 0 Å². The van der Waals surface area contributed by atoms with Crippen molar-refractivity contribution in [3.05, 3.63) is 24.2 Å². The number of imide groups is 1. The van der Waals surface area contributed by atoms with Gasteiger partial charge >= 0.3 is 12.0 Å². The number of carboxylic acids is 1. The van der Waals surface area contributed by atoms with Crippen LogP contribution in [0.4, 0.5) is 4.79 Å². The van der Waals surface area contributed by atoms with E-state index in [9.17, 15) is 14.4 Å². The lowest BCUT2D eigenvalue weighted by molar-refractivity contribution is -0.139. The van der Waals surface area contributed by atoms with E-state index in [0.29, 0.717) is 18.6 Å². The smallest absolute Gasteiger partial charge is 0.321 e. The first-order chi connectivity index (χ1) is 10.0. The minimum atomic E-state index is -1.02. The topological polar surface area (TPSA) is 121 Å². The van der Waals surface area contributed by atoms with Gasteiger partial charge in [-0.05, 0) is 18.6 Å². The van der Waals surface area contributed by atoms with Crippen LogP contribution in [0.15, 0.2) is 22.8 Å². The summed E-state index contributed by atoms with van der Waals surface area (Å²) >= 11 is 0. The van der Waals surface area contributed by atoms with Crippen molar-refractivity contribution in [3.8, 4) is 0 Å². The number of amides is 3. The third-order valence-corrected chi connectivity index (χ3v) is 2.64. The van der Waals surface area contributed by atoms with Gasteiger partial charge in [-0.2, -0.15) is 0 Å². The van der Waals surface area contributed by atoms with Gasteiger partial charge in [0.15, 0.2) is 0 Å². The van der Waals surface area contributed by atoms with Gasteiger partial charge < -0.3 is 14.8 Å². The number of hydrogen-bond donors (Lipinski definition) is 4. The van der Waals surface area contributed by atoms with Gasteiger partial charge in [0, 0.05) is 0 Å². The molecule has 1 aromatic heterocycles. The van der Waals surface area contributed by atoms with Crippen LogP contribution in [-0.4, -0.2) is 35.6 Å². The first-order valence-corrected chi connectivity index (χ1v) is 6.59. The van der Waals surface area contributed by atoms with Crippen LogP contribution < -0.4 is 16.0 Å². The largest absolute Gasteiger partial charge is 0.480 e. The lowest BCUT2D eigenvalue weighted by atomic mass is 10.2. The van der Waals surface area contributed by atoms with Gasteiger partial charge in [-0.1, -0.05) is 13.3 Å². The molecule has 0 aromatic carbocycles. The van der Waals surface area contributed by atoms with Crippen LogP contribution in [0.25, 0.3) is 0 Å². The number of urea groups is 1. The maximum absolute atomic E-state index is 11.5. The lowest BCUT2D eigenvalue weighted by Gasteiger charge is -2.13. The quantitative estimate of drug-likeness (QED) is 0.553. The highest BCUT2D eigenvalue weighted by atomic mass is 16.4. The summed E-state index contributed by atoms with van der Waals surface area (Å²) in [6.07, 6.45) is 2.56. The molecule has 0 aliphatic heterocycles. The van der Waals surface area contributed by atoms with E-state index in [4.69, 9.17) is 9.52 Å². The minimum absolute atomic E-state index is 0.160. The Morgan fingerprint density at radius 2 is 2.14 bits per heavy atom. The minimum Gasteiger partial charge on any atom is -0.480 e. The fourth-order valence-electron chi connectivity index (χ4n) is 1.61. The third-order valence-electron chi connectivity index (χ3n) is 2.64. The van der Waals surface area contributed by atoms with Crippen molar-refractivity contribution in [2.24, 2.45) is 0 Å². The van der Waals surface area contributed by atoms with Gasteiger partial charge in [0.05, 0.1) is 19.4 Å². The van der Waals surface area contributed by atoms with Crippen LogP contribution in [0.1, 0.15) is 25.5 Å². The molecule has 21 heavy (non-hydrogen) atoms. The van der Waals surface area contributed by atoms with E-state index in [0.717, 1.165) is 0 Å². The van der Waals surface area contributed by atoms with E-state index in [1.165, 1.54) is 6.26 Å². The highest BCUT2D eigenvalue weighted by Gasteiger charge is 2.17. The van der Waals surface area contributed by atoms with Gasteiger partial charge in [0.25, 0.3) is 0 Å². The van der Waals surface area contributed by atoms with E-state index in [2.05, 4.69) is 16.0 Å². The summed E-state index contributed by atoms with van der Waals surface area (Å²) < 4.78 is 5.02. The van der Waals surface area contributed by atoms with Crippen LogP contribution in [0.3, 0.4) is 0 Å². The van der Waals surface area contributed by atoms with Crippen molar-refractivity contribution in [1.29, 1.82) is 0 Å². The Kier molecular flexibility index (Phi) is 6.96. The van der Waals surface area contributed by atoms with E-state index in [1.54, 1.807) is 12.1 Å². The molecule has 0 aliphatic carbocycles. The highest BCUT2D eigenvalue weighted by molar-refractivity contribution is 5.95. The molecule has 0 radical (unpaired) electrons. The molecule has 1 rings (SSSR count). The molecule has 8 nitrogen and oxygen atoms in total. The van der Waals surface area contributed by atoms with Gasteiger partial charge in [-0.15, -0.1) is 0 Å². The second-order valence-electron chi connectivity index (χ2n) is 4.37. The van der Waals surface area contributed by atoms with Crippen molar-refractivity contribution in [1.82, 2.24) is 16.0 Å². The van der Waals surface area contributed by atoms with Crippen LogP contribution in [0.2, 0.25) is 0 Å². The van der Waals surface area contributed by atoms with Gasteiger partial charge in [0.2, 0.25) is 5.91 Å². The number of carbonyl (C=O) groups is 3. The van der Waals surface area contributed by atoms with Gasteiger partial charge in [0.1, 0.15) is 11.8 Å². The normalized spacial score (nSPS) is 11.7. The van der Waals surface area contributed by atoms with Crippen molar-refractivity contribution in [3.63, 3.8) is 0 Å². The molecule has 0 bridgehead atoms. The maximum atomic E-state index is 11.5. The summed E-state index contributed by atoms with van der Waals surface area (Å²) in [4.78, 5) is 33.8. The van der Waals surface area contributed by atoms with Gasteiger partial charge in [-0.3, -0.25) is 20.2 Å². The average molecular weight is 297 g/mol. The monoisotopic (exact) mass is 297 g/mol. The fraction of sp³-hybridized carbons (Fsp3) is 0.462. The SMILES string of the molecule is CCCC(NCC(=O)NC(=O)NCc1ccco1)C(=O)O. The number of carboxylic acid groups (broad SMARTS) is 1. The highest BCUT2D eigenvalue weighted by Crippen LogP contribution is 1.98. The summed E-state index contributed by atoms with van der Waals surface area (Å²) in [6, 6.07) is 1.91. The zero-order valence-corrected chi connectivity index (χ0v) is 11.7. The molecule has 8 heteroatoms. The molecule has 116 valence electrons. The molecule has 0 saturated carbocycles. The lowest BCUT2D eigenvalue weighted by Crippen LogP contribution is -2.46. The molecule has 0 fully saturated rings.